The van der Waals surface area contributed by atoms with Crippen LogP contribution in [-0.4, -0.2) is 28.8 Å². The Balaban J connectivity index is 2.33. The lowest BCUT2D eigenvalue weighted by Crippen LogP contribution is -2.43. The number of carbonyl (C=O) groups excluding carboxylic acids is 1. The van der Waals surface area contributed by atoms with Crippen molar-refractivity contribution in [3.05, 3.63) is 16.1 Å². The van der Waals surface area contributed by atoms with Crippen molar-refractivity contribution < 1.29 is 9.90 Å². The molecule has 0 aliphatic carbocycles. The Morgan fingerprint density at radius 1 is 1.59 bits per heavy atom. The van der Waals surface area contributed by atoms with Crippen LogP contribution in [0.15, 0.2) is 5.51 Å². The van der Waals surface area contributed by atoms with E-state index in [2.05, 4.69) is 15.6 Å². The largest absolute Gasteiger partial charge is 0.396 e. The first kappa shape index (κ1) is 13.9. The summed E-state index contributed by atoms with van der Waals surface area (Å²) < 4.78 is 0. The number of thiazole rings is 1. The van der Waals surface area contributed by atoms with Crippen LogP contribution in [0.5, 0.6) is 0 Å². The van der Waals surface area contributed by atoms with E-state index < -0.39 is 0 Å². The molecular weight excluding hydrogens is 238 g/mol. The minimum Gasteiger partial charge on any atom is -0.396 e. The SMILES string of the molecule is Cc1ncsc1CNC(=O)NC(C)C(C)CO. The summed E-state index contributed by atoms with van der Waals surface area (Å²) >= 11 is 1.53. The molecular formula is C11H19N3O2S. The van der Waals surface area contributed by atoms with Crippen LogP contribution in [0.25, 0.3) is 0 Å². The van der Waals surface area contributed by atoms with E-state index in [1.807, 2.05) is 20.8 Å². The van der Waals surface area contributed by atoms with Crippen LogP contribution in [0, 0.1) is 12.8 Å². The maximum atomic E-state index is 11.6. The number of urea groups is 1. The third kappa shape index (κ3) is 4.32. The van der Waals surface area contributed by atoms with E-state index in [1.54, 1.807) is 5.51 Å². The number of aliphatic hydroxyl groups is 1. The van der Waals surface area contributed by atoms with Gasteiger partial charge in [0.05, 0.1) is 17.7 Å². The highest BCUT2D eigenvalue weighted by Gasteiger charge is 2.13. The normalized spacial score (nSPS) is 14.1. The zero-order chi connectivity index (χ0) is 12.8. The molecule has 0 bridgehead atoms. The summed E-state index contributed by atoms with van der Waals surface area (Å²) in [6, 6.07) is -0.270. The van der Waals surface area contributed by atoms with Gasteiger partial charge in [-0.05, 0) is 19.8 Å². The van der Waals surface area contributed by atoms with Crippen LogP contribution in [-0.2, 0) is 6.54 Å². The van der Waals surface area contributed by atoms with E-state index >= 15 is 0 Å². The van der Waals surface area contributed by atoms with Gasteiger partial charge >= 0.3 is 6.03 Å². The summed E-state index contributed by atoms with van der Waals surface area (Å²) in [6.45, 7) is 6.23. The standard InChI is InChI=1S/C11H19N3O2S/c1-7(5-15)8(2)14-11(16)12-4-10-9(3)13-6-17-10/h6-8,15H,4-5H2,1-3H3,(H2,12,14,16). The molecule has 5 nitrogen and oxygen atoms in total. The summed E-state index contributed by atoms with van der Waals surface area (Å²) in [7, 11) is 0. The van der Waals surface area contributed by atoms with E-state index in [1.165, 1.54) is 11.3 Å². The van der Waals surface area contributed by atoms with Crippen molar-refractivity contribution in [2.75, 3.05) is 6.61 Å². The Labute approximate surface area is 105 Å². The van der Waals surface area contributed by atoms with E-state index in [9.17, 15) is 4.79 Å². The third-order valence-corrected chi connectivity index (χ3v) is 3.69. The number of amides is 2. The van der Waals surface area contributed by atoms with E-state index in [0.717, 1.165) is 10.6 Å². The molecule has 1 heterocycles. The predicted molar refractivity (Wildman–Crippen MR) is 67.9 cm³/mol. The zero-order valence-corrected chi connectivity index (χ0v) is 11.2. The molecule has 2 amide bonds. The molecule has 2 unspecified atom stereocenters. The summed E-state index contributed by atoms with van der Waals surface area (Å²) in [6.07, 6.45) is 0. The third-order valence-electron chi connectivity index (χ3n) is 2.75. The molecule has 0 radical (unpaired) electrons. The Morgan fingerprint density at radius 3 is 2.82 bits per heavy atom. The molecule has 0 aliphatic rings. The number of aryl methyl sites for hydroxylation is 1. The summed E-state index contributed by atoms with van der Waals surface area (Å²) in [5.41, 5.74) is 2.72. The molecule has 0 saturated heterocycles. The smallest absolute Gasteiger partial charge is 0.315 e. The van der Waals surface area contributed by atoms with Crippen LogP contribution in [0.4, 0.5) is 4.79 Å². The van der Waals surface area contributed by atoms with Crippen LogP contribution in [0.1, 0.15) is 24.4 Å². The molecule has 0 fully saturated rings. The molecule has 17 heavy (non-hydrogen) atoms. The number of hydrogen-bond donors (Lipinski definition) is 3. The van der Waals surface area contributed by atoms with Gasteiger partial charge in [0, 0.05) is 17.5 Å². The monoisotopic (exact) mass is 257 g/mol. The van der Waals surface area contributed by atoms with Crippen LogP contribution in [0.3, 0.4) is 0 Å². The summed E-state index contributed by atoms with van der Waals surface area (Å²) in [4.78, 5) is 16.7. The van der Waals surface area contributed by atoms with Gasteiger partial charge in [0.25, 0.3) is 0 Å². The second-order valence-corrected chi connectivity index (χ2v) is 5.08. The molecule has 0 saturated carbocycles. The molecule has 0 aliphatic heterocycles. The lowest BCUT2D eigenvalue weighted by molar-refractivity contribution is 0.200. The molecule has 1 aromatic heterocycles. The lowest BCUT2D eigenvalue weighted by Gasteiger charge is -2.19. The number of rotatable bonds is 5. The first-order valence-corrected chi connectivity index (χ1v) is 6.46. The topological polar surface area (TPSA) is 74.2 Å². The summed E-state index contributed by atoms with van der Waals surface area (Å²) in [5.74, 6) is 0.0471. The van der Waals surface area contributed by atoms with Gasteiger partial charge in [-0.1, -0.05) is 6.92 Å². The first-order valence-electron chi connectivity index (χ1n) is 5.58. The van der Waals surface area contributed by atoms with Gasteiger partial charge in [0.1, 0.15) is 0 Å². The molecule has 1 aromatic rings. The maximum absolute atomic E-state index is 11.6. The van der Waals surface area contributed by atoms with Crippen LogP contribution < -0.4 is 10.6 Å². The summed E-state index contributed by atoms with van der Waals surface area (Å²) in [5, 5.41) is 14.5. The van der Waals surface area contributed by atoms with E-state index in [4.69, 9.17) is 5.11 Å². The molecule has 0 spiro atoms. The minimum atomic E-state index is -0.217. The second kappa shape index (κ2) is 6.56. The number of carbonyl (C=O) groups is 1. The van der Waals surface area contributed by atoms with Gasteiger partial charge in [-0.2, -0.15) is 0 Å². The Hall–Kier alpha value is -1.14. The maximum Gasteiger partial charge on any atom is 0.315 e. The Bertz CT molecular complexity index is 367. The second-order valence-electron chi connectivity index (χ2n) is 4.14. The van der Waals surface area contributed by atoms with Crippen LogP contribution >= 0.6 is 11.3 Å². The highest BCUT2D eigenvalue weighted by Crippen LogP contribution is 2.11. The number of hydrogen-bond acceptors (Lipinski definition) is 4. The molecule has 6 heteroatoms. The van der Waals surface area contributed by atoms with Crippen molar-refractivity contribution in [2.24, 2.45) is 5.92 Å². The average Bonchev–Trinajstić information content (AvgIpc) is 2.71. The van der Waals surface area contributed by atoms with Crippen molar-refractivity contribution in [3.8, 4) is 0 Å². The van der Waals surface area contributed by atoms with Crippen LogP contribution in [0.2, 0.25) is 0 Å². The fourth-order valence-corrected chi connectivity index (χ4v) is 1.93. The van der Waals surface area contributed by atoms with Gasteiger partial charge in [0.2, 0.25) is 0 Å². The van der Waals surface area contributed by atoms with Gasteiger partial charge in [-0.3, -0.25) is 0 Å². The first-order chi connectivity index (χ1) is 8.04. The van der Waals surface area contributed by atoms with Crippen molar-refractivity contribution in [2.45, 2.75) is 33.4 Å². The number of aliphatic hydroxyl groups excluding tert-OH is 1. The highest BCUT2D eigenvalue weighted by molar-refractivity contribution is 7.09. The van der Waals surface area contributed by atoms with Gasteiger partial charge in [-0.25, -0.2) is 9.78 Å². The fraction of sp³-hybridized carbons (Fsp3) is 0.636. The van der Waals surface area contributed by atoms with Crippen molar-refractivity contribution >= 4 is 17.4 Å². The molecule has 2 atom stereocenters. The quantitative estimate of drug-likeness (QED) is 0.743. The Morgan fingerprint density at radius 2 is 2.29 bits per heavy atom. The van der Waals surface area contributed by atoms with Crippen molar-refractivity contribution in [1.82, 2.24) is 15.6 Å². The predicted octanol–water partition coefficient (Wildman–Crippen LogP) is 1.27. The van der Waals surface area contributed by atoms with Crippen molar-refractivity contribution in [3.63, 3.8) is 0 Å². The average molecular weight is 257 g/mol. The minimum absolute atomic E-state index is 0.0471. The van der Waals surface area contributed by atoms with Gasteiger partial charge in [-0.15, -0.1) is 11.3 Å². The number of aromatic nitrogens is 1. The van der Waals surface area contributed by atoms with Gasteiger partial charge in [0.15, 0.2) is 0 Å². The zero-order valence-electron chi connectivity index (χ0n) is 10.4. The van der Waals surface area contributed by atoms with E-state index in [-0.39, 0.29) is 24.6 Å². The molecule has 3 N–H and O–H groups in total. The van der Waals surface area contributed by atoms with E-state index in [0.29, 0.717) is 6.54 Å². The fourth-order valence-electron chi connectivity index (χ4n) is 1.21. The molecule has 1 rings (SSSR count). The van der Waals surface area contributed by atoms with Crippen molar-refractivity contribution in [1.29, 1.82) is 0 Å². The molecule has 96 valence electrons. The van der Waals surface area contributed by atoms with Gasteiger partial charge < -0.3 is 15.7 Å². The highest BCUT2D eigenvalue weighted by atomic mass is 32.1. The number of nitrogens with one attached hydrogen (secondary N) is 2. The Kier molecular flexibility index (Phi) is 5.37. The lowest BCUT2D eigenvalue weighted by atomic mass is 10.1. The molecule has 0 aromatic carbocycles. The number of nitrogens with zero attached hydrogens (tertiary/aromatic N) is 1.